The van der Waals surface area contributed by atoms with Crippen LogP contribution in [0.2, 0.25) is 0 Å². The molecule has 0 bridgehead atoms. The maximum atomic E-state index is 10.6. The van der Waals surface area contributed by atoms with Gasteiger partial charge in [-0.05, 0) is 17.7 Å². The van der Waals surface area contributed by atoms with Crippen LogP contribution in [0.5, 0.6) is 5.75 Å². The van der Waals surface area contributed by atoms with Gasteiger partial charge in [0.05, 0.1) is 6.42 Å². The second-order valence-electron chi connectivity index (χ2n) is 2.88. The minimum Gasteiger partial charge on any atom is -0.427 e. The van der Waals surface area contributed by atoms with Crippen molar-refractivity contribution < 1.29 is 14.3 Å². The van der Waals surface area contributed by atoms with E-state index in [0.29, 0.717) is 5.75 Å². The molecule has 1 aromatic rings. The highest BCUT2D eigenvalue weighted by Gasteiger charge is 2.01. The van der Waals surface area contributed by atoms with Crippen LogP contribution in [0.15, 0.2) is 24.3 Å². The molecule has 0 spiro atoms. The third kappa shape index (κ3) is 3.26. The lowest BCUT2D eigenvalue weighted by Gasteiger charge is -2.02. The quantitative estimate of drug-likeness (QED) is 0.565. The second kappa shape index (κ2) is 4.41. The zero-order chi connectivity index (χ0) is 10.6. The number of esters is 1. The summed E-state index contributed by atoms with van der Waals surface area (Å²) in [6, 6.07) is 6.71. The Morgan fingerprint density at radius 3 is 2.71 bits per heavy atom. The number of benzene rings is 1. The summed E-state index contributed by atoms with van der Waals surface area (Å²) in [4.78, 5) is 21.2. The number of carbonyl (C=O) groups excluding carboxylic acids is 2. The van der Waals surface area contributed by atoms with Gasteiger partial charge in [-0.3, -0.25) is 9.59 Å². The van der Waals surface area contributed by atoms with Crippen molar-refractivity contribution in [3.63, 3.8) is 0 Å². The van der Waals surface area contributed by atoms with Gasteiger partial charge in [-0.2, -0.15) is 0 Å². The molecule has 4 nitrogen and oxygen atoms in total. The molecule has 0 radical (unpaired) electrons. The summed E-state index contributed by atoms with van der Waals surface area (Å²) in [5.41, 5.74) is 5.76. The minimum absolute atomic E-state index is 0.148. The molecule has 0 aliphatic heterocycles. The topological polar surface area (TPSA) is 69.4 Å². The van der Waals surface area contributed by atoms with Crippen molar-refractivity contribution in [2.24, 2.45) is 5.73 Å². The number of nitrogens with two attached hydrogens (primary N) is 1. The molecular weight excluding hydrogens is 182 g/mol. The van der Waals surface area contributed by atoms with Gasteiger partial charge in [0.1, 0.15) is 5.75 Å². The fraction of sp³-hybridized carbons (Fsp3) is 0.200. The average molecular weight is 193 g/mol. The molecule has 14 heavy (non-hydrogen) atoms. The maximum Gasteiger partial charge on any atom is 0.308 e. The lowest BCUT2D eigenvalue weighted by Crippen LogP contribution is -2.13. The molecule has 0 atom stereocenters. The zero-order valence-corrected chi connectivity index (χ0v) is 7.82. The molecule has 0 heterocycles. The highest BCUT2D eigenvalue weighted by molar-refractivity contribution is 5.76. The number of carbonyl (C=O) groups is 2. The number of rotatable bonds is 3. The number of hydrogen-bond donors (Lipinski definition) is 1. The Morgan fingerprint density at radius 2 is 2.14 bits per heavy atom. The SMILES string of the molecule is CC(=O)Oc1cccc(CC(N)=O)c1. The third-order valence-corrected chi connectivity index (χ3v) is 1.54. The summed E-state index contributed by atoms with van der Waals surface area (Å²) >= 11 is 0. The molecule has 0 saturated heterocycles. The van der Waals surface area contributed by atoms with Gasteiger partial charge in [0.2, 0.25) is 5.91 Å². The summed E-state index contributed by atoms with van der Waals surface area (Å²) in [6.45, 7) is 1.32. The molecule has 0 aromatic heterocycles. The van der Waals surface area contributed by atoms with Crippen LogP contribution in [0, 0.1) is 0 Å². The van der Waals surface area contributed by atoms with Crippen molar-refractivity contribution in [2.45, 2.75) is 13.3 Å². The highest BCUT2D eigenvalue weighted by atomic mass is 16.5. The normalized spacial score (nSPS) is 9.50. The van der Waals surface area contributed by atoms with Gasteiger partial charge in [-0.1, -0.05) is 12.1 Å². The van der Waals surface area contributed by atoms with Crippen molar-refractivity contribution in [3.05, 3.63) is 29.8 Å². The molecule has 0 aliphatic rings. The summed E-state index contributed by atoms with van der Waals surface area (Å²) < 4.78 is 4.85. The van der Waals surface area contributed by atoms with E-state index < -0.39 is 5.91 Å². The minimum atomic E-state index is -0.412. The highest BCUT2D eigenvalue weighted by Crippen LogP contribution is 2.13. The van der Waals surface area contributed by atoms with Gasteiger partial charge in [-0.15, -0.1) is 0 Å². The van der Waals surface area contributed by atoms with E-state index in [2.05, 4.69) is 0 Å². The summed E-state index contributed by atoms with van der Waals surface area (Å²) in [5, 5.41) is 0. The van der Waals surface area contributed by atoms with Crippen molar-refractivity contribution in [1.29, 1.82) is 0 Å². The van der Waals surface area contributed by atoms with Crippen molar-refractivity contribution in [2.75, 3.05) is 0 Å². The Labute approximate surface area is 81.7 Å². The van der Waals surface area contributed by atoms with Gasteiger partial charge >= 0.3 is 5.97 Å². The van der Waals surface area contributed by atoms with Gasteiger partial charge in [-0.25, -0.2) is 0 Å². The Hall–Kier alpha value is -1.84. The molecule has 1 aromatic carbocycles. The van der Waals surface area contributed by atoms with Crippen LogP contribution in [0.1, 0.15) is 12.5 Å². The van der Waals surface area contributed by atoms with E-state index in [0.717, 1.165) is 5.56 Å². The average Bonchev–Trinajstić information content (AvgIpc) is 2.01. The van der Waals surface area contributed by atoms with Gasteiger partial charge < -0.3 is 10.5 Å². The molecule has 0 saturated carbocycles. The van der Waals surface area contributed by atoms with E-state index in [1.165, 1.54) is 6.92 Å². The molecule has 0 aliphatic carbocycles. The first-order valence-corrected chi connectivity index (χ1v) is 4.13. The van der Waals surface area contributed by atoms with Gasteiger partial charge in [0.25, 0.3) is 0 Å². The smallest absolute Gasteiger partial charge is 0.308 e. The standard InChI is InChI=1S/C10H11NO3/c1-7(12)14-9-4-2-3-8(5-9)6-10(11)13/h2-5H,6H2,1H3,(H2,11,13). The summed E-state index contributed by atoms with van der Waals surface area (Å²) in [5.74, 6) is -0.373. The lowest BCUT2D eigenvalue weighted by molar-refractivity contribution is -0.131. The number of hydrogen-bond acceptors (Lipinski definition) is 3. The van der Waals surface area contributed by atoms with E-state index >= 15 is 0 Å². The molecule has 74 valence electrons. The fourth-order valence-corrected chi connectivity index (χ4v) is 1.09. The maximum absolute atomic E-state index is 10.6. The largest absolute Gasteiger partial charge is 0.427 e. The number of amides is 1. The lowest BCUT2D eigenvalue weighted by atomic mass is 10.1. The first-order chi connectivity index (χ1) is 6.58. The molecule has 1 amide bonds. The Balaban J connectivity index is 2.78. The van der Waals surface area contributed by atoms with Crippen LogP contribution >= 0.6 is 0 Å². The van der Waals surface area contributed by atoms with Gasteiger partial charge in [0, 0.05) is 6.92 Å². The van der Waals surface area contributed by atoms with Crippen molar-refractivity contribution in [1.82, 2.24) is 0 Å². The monoisotopic (exact) mass is 193 g/mol. The molecule has 0 unspecified atom stereocenters. The first-order valence-electron chi connectivity index (χ1n) is 4.13. The van der Waals surface area contributed by atoms with E-state index in [4.69, 9.17) is 10.5 Å². The van der Waals surface area contributed by atoms with E-state index in [9.17, 15) is 9.59 Å². The molecule has 1 rings (SSSR count). The first kappa shape index (κ1) is 10.2. The van der Waals surface area contributed by atoms with Crippen LogP contribution < -0.4 is 10.5 Å². The third-order valence-electron chi connectivity index (χ3n) is 1.54. The van der Waals surface area contributed by atoms with E-state index in [1.807, 2.05) is 0 Å². The van der Waals surface area contributed by atoms with Crippen LogP contribution in [-0.4, -0.2) is 11.9 Å². The molecule has 0 fully saturated rings. The van der Waals surface area contributed by atoms with E-state index in [1.54, 1.807) is 24.3 Å². The van der Waals surface area contributed by atoms with Crippen LogP contribution in [0.25, 0.3) is 0 Å². The van der Waals surface area contributed by atoms with E-state index in [-0.39, 0.29) is 12.4 Å². The zero-order valence-electron chi connectivity index (χ0n) is 7.82. The van der Waals surface area contributed by atoms with Crippen molar-refractivity contribution in [3.8, 4) is 5.75 Å². The Bertz CT molecular complexity index is 329. The Morgan fingerprint density at radius 1 is 1.43 bits per heavy atom. The van der Waals surface area contributed by atoms with Crippen LogP contribution in [-0.2, 0) is 16.0 Å². The van der Waals surface area contributed by atoms with Gasteiger partial charge in [0.15, 0.2) is 0 Å². The predicted molar refractivity (Wildman–Crippen MR) is 50.6 cm³/mol. The van der Waals surface area contributed by atoms with Crippen LogP contribution in [0.4, 0.5) is 0 Å². The molecular formula is C10H11NO3. The summed E-state index contributed by atoms with van der Waals surface area (Å²) in [6.07, 6.45) is 0.148. The molecule has 2 N–H and O–H groups in total. The number of ether oxygens (including phenoxy) is 1. The Kier molecular flexibility index (Phi) is 3.23. The fourth-order valence-electron chi connectivity index (χ4n) is 1.09. The van der Waals surface area contributed by atoms with Crippen LogP contribution in [0.3, 0.4) is 0 Å². The number of primary amides is 1. The second-order valence-corrected chi connectivity index (χ2v) is 2.88. The summed E-state index contributed by atoms with van der Waals surface area (Å²) in [7, 11) is 0. The molecule has 4 heteroatoms. The van der Waals surface area contributed by atoms with Crippen molar-refractivity contribution >= 4 is 11.9 Å². The predicted octanol–water partition coefficient (Wildman–Crippen LogP) is 0.640.